The lowest BCUT2D eigenvalue weighted by atomic mass is 10.5. The summed E-state index contributed by atoms with van der Waals surface area (Å²) in [6.45, 7) is 9.68. The summed E-state index contributed by atoms with van der Waals surface area (Å²) in [6, 6.07) is 0. The van der Waals surface area contributed by atoms with Gasteiger partial charge in [0.2, 0.25) is 0 Å². The standard InChI is InChI=1S/C6H7NO2/c1-3-5(2)9-4-6(7)8/h1-3H,4H2,(H2,7,8). The Labute approximate surface area is 53.8 Å². The van der Waals surface area contributed by atoms with Gasteiger partial charge in [0.05, 0.1) is 0 Å². The maximum Gasteiger partial charge on any atom is 0.255 e. The van der Waals surface area contributed by atoms with Crippen LogP contribution in [0, 0.1) is 13.2 Å². The van der Waals surface area contributed by atoms with E-state index in [0.717, 1.165) is 6.08 Å². The molecule has 0 aromatic heterocycles. The first kappa shape index (κ1) is 7.75. The molecule has 9 heavy (non-hydrogen) atoms. The van der Waals surface area contributed by atoms with Crippen molar-refractivity contribution < 1.29 is 9.53 Å². The molecule has 0 unspecified atom stereocenters. The summed E-state index contributed by atoms with van der Waals surface area (Å²) < 4.78 is 4.49. The normalized spacial score (nSPS) is 8.00. The smallest absolute Gasteiger partial charge is 0.255 e. The van der Waals surface area contributed by atoms with E-state index in [9.17, 15) is 4.79 Å². The molecule has 0 saturated heterocycles. The summed E-state index contributed by atoms with van der Waals surface area (Å²) in [4.78, 5) is 9.99. The zero-order valence-electron chi connectivity index (χ0n) is 4.83. The second-order valence-corrected chi connectivity index (χ2v) is 1.32. The molecule has 3 nitrogen and oxygen atoms in total. The Kier molecular flexibility index (Phi) is 3.20. The van der Waals surface area contributed by atoms with Gasteiger partial charge in [-0.1, -0.05) is 6.58 Å². The van der Waals surface area contributed by atoms with Crippen molar-refractivity contribution in [2.24, 2.45) is 5.73 Å². The SMILES string of the molecule is [CH]=CC(=[CH])OCC(N)=O. The minimum absolute atomic E-state index is 0.00574. The zero-order chi connectivity index (χ0) is 7.28. The van der Waals surface area contributed by atoms with Crippen LogP contribution in [0.5, 0.6) is 0 Å². The van der Waals surface area contributed by atoms with Crippen LogP contribution in [-0.2, 0) is 9.53 Å². The fourth-order valence-electron chi connectivity index (χ4n) is 0.203. The first-order valence-electron chi connectivity index (χ1n) is 2.25. The Morgan fingerprint density at radius 2 is 2.33 bits per heavy atom. The van der Waals surface area contributed by atoms with E-state index in [4.69, 9.17) is 18.9 Å². The third kappa shape index (κ3) is 4.61. The van der Waals surface area contributed by atoms with Crippen LogP contribution >= 0.6 is 0 Å². The van der Waals surface area contributed by atoms with Gasteiger partial charge in [0.25, 0.3) is 5.91 Å². The molecule has 2 N–H and O–H groups in total. The molecule has 0 fully saturated rings. The number of amides is 1. The van der Waals surface area contributed by atoms with E-state index in [0.29, 0.717) is 0 Å². The van der Waals surface area contributed by atoms with E-state index in [-0.39, 0.29) is 12.4 Å². The van der Waals surface area contributed by atoms with Crippen molar-refractivity contribution in [1.82, 2.24) is 0 Å². The van der Waals surface area contributed by atoms with Crippen molar-refractivity contribution in [3.63, 3.8) is 0 Å². The molecular formula is C6H7NO2. The number of hydrogen-bond donors (Lipinski definition) is 1. The van der Waals surface area contributed by atoms with Gasteiger partial charge in [0.1, 0.15) is 5.76 Å². The maximum absolute atomic E-state index is 9.99. The maximum atomic E-state index is 9.99. The Morgan fingerprint density at radius 3 is 2.67 bits per heavy atom. The number of primary amides is 1. The van der Waals surface area contributed by atoms with Crippen LogP contribution in [0.25, 0.3) is 0 Å². The first-order chi connectivity index (χ1) is 4.16. The van der Waals surface area contributed by atoms with E-state index < -0.39 is 5.91 Å². The first-order valence-corrected chi connectivity index (χ1v) is 2.25. The highest BCUT2D eigenvalue weighted by Crippen LogP contribution is 1.90. The van der Waals surface area contributed by atoms with Gasteiger partial charge >= 0.3 is 0 Å². The van der Waals surface area contributed by atoms with Crippen LogP contribution in [0.3, 0.4) is 0 Å². The number of carbonyl (C=O) groups is 1. The Balaban J connectivity index is 3.39. The summed E-state index contributed by atoms with van der Waals surface area (Å²) in [7, 11) is 0. The van der Waals surface area contributed by atoms with Gasteiger partial charge in [0.15, 0.2) is 6.61 Å². The summed E-state index contributed by atoms with van der Waals surface area (Å²) in [6.07, 6.45) is 1.04. The molecule has 0 heterocycles. The highest BCUT2D eigenvalue weighted by Gasteiger charge is 1.92. The third-order valence-corrected chi connectivity index (χ3v) is 0.545. The lowest BCUT2D eigenvalue weighted by Gasteiger charge is -1.99. The largest absolute Gasteiger partial charge is 0.484 e. The molecule has 0 aliphatic carbocycles. The van der Waals surface area contributed by atoms with Crippen LogP contribution in [-0.4, -0.2) is 12.5 Å². The van der Waals surface area contributed by atoms with Gasteiger partial charge in [-0.05, 0) is 12.7 Å². The second kappa shape index (κ2) is 3.72. The Bertz CT molecular complexity index is 140. The number of carbonyl (C=O) groups excluding carboxylic acids is 1. The highest BCUT2D eigenvalue weighted by atomic mass is 16.5. The van der Waals surface area contributed by atoms with E-state index in [1.165, 1.54) is 0 Å². The molecule has 3 heteroatoms. The van der Waals surface area contributed by atoms with Crippen molar-refractivity contribution in [2.45, 2.75) is 0 Å². The van der Waals surface area contributed by atoms with Crippen molar-refractivity contribution >= 4 is 5.91 Å². The van der Waals surface area contributed by atoms with E-state index in [2.05, 4.69) is 4.74 Å². The second-order valence-electron chi connectivity index (χ2n) is 1.32. The topological polar surface area (TPSA) is 52.3 Å². The molecule has 0 atom stereocenters. The molecule has 0 aromatic rings. The fourth-order valence-corrected chi connectivity index (χ4v) is 0.203. The Morgan fingerprint density at radius 1 is 1.78 bits per heavy atom. The molecule has 0 aromatic carbocycles. The van der Waals surface area contributed by atoms with Crippen LogP contribution in [0.4, 0.5) is 0 Å². The molecule has 1 amide bonds. The molecule has 0 aliphatic rings. The molecule has 2 radical (unpaired) electrons. The lowest BCUT2D eigenvalue weighted by Crippen LogP contribution is -2.17. The van der Waals surface area contributed by atoms with E-state index in [1.54, 1.807) is 0 Å². The summed E-state index contributed by atoms with van der Waals surface area (Å²) in [5.74, 6) is -0.589. The minimum atomic E-state index is -0.584. The van der Waals surface area contributed by atoms with Crippen LogP contribution in [0.1, 0.15) is 0 Å². The molecule has 0 rings (SSSR count). The number of allylic oxidation sites excluding steroid dienone is 1. The molecule has 0 bridgehead atoms. The van der Waals surface area contributed by atoms with Gasteiger partial charge in [-0.2, -0.15) is 0 Å². The predicted molar refractivity (Wildman–Crippen MR) is 31.8 cm³/mol. The number of ether oxygens (including phenoxy) is 1. The van der Waals surface area contributed by atoms with Gasteiger partial charge < -0.3 is 10.5 Å². The van der Waals surface area contributed by atoms with Crippen LogP contribution in [0.15, 0.2) is 11.8 Å². The fraction of sp³-hybridized carbons (Fsp3) is 0.167. The number of nitrogens with two attached hydrogens (primary N) is 1. The molecule has 0 saturated carbocycles. The predicted octanol–water partition coefficient (Wildman–Crippen LogP) is -0.206. The molecular weight excluding hydrogens is 118 g/mol. The van der Waals surface area contributed by atoms with Crippen molar-refractivity contribution in [2.75, 3.05) is 6.61 Å². The quantitative estimate of drug-likeness (QED) is 0.417. The zero-order valence-corrected chi connectivity index (χ0v) is 4.83. The molecule has 0 aliphatic heterocycles. The van der Waals surface area contributed by atoms with Crippen LogP contribution in [0.2, 0.25) is 0 Å². The molecule has 0 spiro atoms. The van der Waals surface area contributed by atoms with Gasteiger partial charge in [-0.3, -0.25) is 4.79 Å². The lowest BCUT2D eigenvalue weighted by molar-refractivity contribution is -0.121. The highest BCUT2D eigenvalue weighted by molar-refractivity contribution is 5.75. The van der Waals surface area contributed by atoms with Gasteiger partial charge in [0, 0.05) is 0 Å². The summed E-state index contributed by atoms with van der Waals surface area (Å²) in [5, 5.41) is 0. The molecule has 48 valence electrons. The van der Waals surface area contributed by atoms with E-state index in [1.807, 2.05) is 0 Å². The number of rotatable bonds is 4. The van der Waals surface area contributed by atoms with Gasteiger partial charge in [-0.15, -0.1) is 0 Å². The minimum Gasteiger partial charge on any atom is -0.484 e. The average molecular weight is 125 g/mol. The monoisotopic (exact) mass is 125 g/mol. The summed E-state index contributed by atoms with van der Waals surface area (Å²) in [5.41, 5.74) is 4.71. The van der Waals surface area contributed by atoms with Crippen molar-refractivity contribution in [3.8, 4) is 0 Å². The van der Waals surface area contributed by atoms with E-state index >= 15 is 0 Å². The number of hydrogen-bond acceptors (Lipinski definition) is 2. The van der Waals surface area contributed by atoms with Crippen molar-refractivity contribution in [1.29, 1.82) is 0 Å². The van der Waals surface area contributed by atoms with Crippen molar-refractivity contribution in [3.05, 3.63) is 25.0 Å². The summed E-state index contributed by atoms with van der Waals surface area (Å²) >= 11 is 0. The third-order valence-electron chi connectivity index (χ3n) is 0.545. The van der Waals surface area contributed by atoms with Gasteiger partial charge in [-0.25, -0.2) is 0 Å². The average Bonchev–Trinajstić information content (AvgIpc) is 1.83. The Hall–Kier alpha value is -1.25. The van der Waals surface area contributed by atoms with Crippen LogP contribution < -0.4 is 5.73 Å².